The summed E-state index contributed by atoms with van der Waals surface area (Å²) in [5, 5.41) is 0. The molecule has 0 aromatic rings. The molecule has 1 aliphatic heterocycles. The topological polar surface area (TPSA) is 9.23 Å². The van der Waals surface area contributed by atoms with E-state index in [-0.39, 0.29) is 22.3 Å². The normalized spacial score (nSPS) is 34.3. The fourth-order valence-electron chi connectivity index (χ4n) is 4.17. The lowest BCUT2D eigenvalue weighted by atomic mass is 9.55. The van der Waals surface area contributed by atoms with Crippen LogP contribution in [0, 0.1) is 28.1 Å². The second-order valence-electron chi connectivity index (χ2n) is 10.1. The Morgan fingerprint density at radius 1 is 0.810 bits per heavy atom. The number of allylic oxidation sites excluding steroid dienone is 1. The van der Waals surface area contributed by atoms with E-state index in [1.807, 2.05) is 0 Å². The summed E-state index contributed by atoms with van der Waals surface area (Å²) in [6.45, 7) is 25.7. The van der Waals surface area contributed by atoms with Crippen molar-refractivity contribution in [3.63, 3.8) is 0 Å². The monoisotopic (exact) mass is 294 g/mol. The van der Waals surface area contributed by atoms with Crippen LogP contribution in [0.15, 0.2) is 11.6 Å². The predicted molar refractivity (Wildman–Crippen MR) is 93.4 cm³/mol. The van der Waals surface area contributed by atoms with E-state index in [1.165, 1.54) is 5.57 Å². The van der Waals surface area contributed by atoms with Gasteiger partial charge < -0.3 is 4.74 Å². The first-order valence-corrected chi connectivity index (χ1v) is 8.52. The maximum atomic E-state index is 6.55. The summed E-state index contributed by atoms with van der Waals surface area (Å²) < 4.78 is 6.55. The molecule has 0 aromatic carbocycles. The van der Waals surface area contributed by atoms with Gasteiger partial charge in [0.1, 0.15) is 0 Å². The molecule has 4 atom stereocenters. The molecule has 124 valence electrons. The van der Waals surface area contributed by atoms with Crippen LogP contribution in [0.4, 0.5) is 0 Å². The molecule has 1 aliphatic rings. The molecule has 1 heteroatoms. The summed E-state index contributed by atoms with van der Waals surface area (Å²) in [4.78, 5) is 0. The Balaban J connectivity index is 3.48. The zero-order valence-corrected chi connectivity index (χ0v) is 16.3. The zero-order chi connectivity index (χ0) is 16.8. The molecule has 21 heavy (non-hydrogen) atoms. The van der Waals surface area contributed by atoms with Gasteiger partial charge in [0.25, 0.3) is 0 Å². The van der Waals surface area contributed by atoms with E-state index in [9.17, 15) is 0 Å². The molecular weight excluding hydrogens is 256 g/mol. The first-order valence-electron chi connectivity index (χ1n) is 8.52. The third-order valence-electron chi connectivity index (χ3n) is 4.98. The fraction of sp³-hybridized carbons (Fsp3) is 0.900. The minimum absolute atomic E-state index is 0.162. The molecule has 4 unspecified atom stereocenters. The molecule has 0 aliphatic carbocycles. The molecule has 1 rings (SSSR count). The van der Waals surface area contributed by atoms with Gasteiger partial charge in [-0.3, -0.25) is 0 Å². The van der Waals surface area contributed by atoms with E-state index in [4.69, 9.17) is 4.74 Å². The van der Waals surface area contributed by atoms with Crippen LogP contribution in [0.2, 0.25) is 0 Å². The van der Waals surface area contributed by atoms with Crippen molar-refractivity contribution >= 4 is 0 Å². The van der Waals surface area contributed by atoms with Crippen molar-refractivity contribution in [2.45, 2.75) is 88.4 Å². The highest BCUT2D eigenvalue weighted by molar-refractivity contribution is 5.20. The van der Waals surface area contributed by atoms with Crippen LogP contribution >= 0.6 is 0 Å². The largest absolute Gasteiger partial charge is 0.370 e. The van der Waals surface area contributed by atoms with E-state index in [0.717, 1.165) is 0 Å². The van der Waals surface area contributed by atoms with Gasteiger partial charge in [-0.2, -0.15) is 0 Å². The molecule has 0 N–H and O–H groups in total. The standard InChI is InChI=1S/C20H38O/c1-12-14-13(2)21-17(20(9,10)11)16(19(6,7)8)15(14)18(3,4)5/h12-13,15-17H,1-11H3/b14-12+. The lowest BCUT2D eigenvalue weighted by Crippen LogP contribution is -2.55. The average molecular weight is 295 g/mol. The summed E-state index contributed by atoms with van der Waals surface area (Å²) in [5.41, 5.74) is 2.13. The van der Waals surface area contributed by atoms with Gasteiger partial charge >= 0.3 is 0 Å². The molecule has 0 spiro atoms. The summed E-state index contributed by atoms with van der Waals surface area (Å²) in [6.07, 6.45) is 2.82. The Labute approximate surface area is 133 Å². The SMILES string of the molecule is C/C=C1\C(C)OC(C(C)(C)C)C(C(C)(C)C)C1C(C)(C)C. The first-order chi connectivity index (χ1) is 9.21. The van der Waals surface area contributed by atoms with Crippen LogP contribution in [-0.2, 0) is 4.74 Å². The third-order valence-corrected chi connectivity index (χ3v) is 4.98. The van der Waals surface area contributed by atoms with Gasteiger partial charge in [0, 0.05) is 0 Å². The Hall–Kier alpha value is -0.300. The maximum absolute atomic E-state index is 6.55. The quantitative estimate of drug-likeness (QED) is 0.491. The third kappa shape index (κ3) is 3.92. The number of hydrogen-bond donors (Lipinski definition) is 0. The van der Waals surface area contributed by atoms with E-state index in [0.29, 0.717) is 17.9 Å². The molecule has 1 fully saturated rings. The van der Waals surface area contributed by atoms with Crippen LogP contribution in [0.5, 0.6) is 0 Å². The average Bonchev–Trinajstić information content (AvgIpc) is 2.23. The lowest BCUT2D eigenvalue weighted by Gasteiger charge is -2.56. The molecule has 0 bridgehead atoms. The van der Waals surface area contributed by atoms with Gasteiger partial charge in [0.05, 0.1) is 12.2 Å². The van der Waals surface area contributed by atoms with Crippen molar-refractivity contribution in [3.05, 3.63) is 11.6 Å². The Bertz CT molecular complexity index is 384. The highest BCUT2D eigenvalue weighted by Gasteiger charge is 2.52. The van der Waals surface area contributed by atoms with Crippen LogP contribution in [0.25, 0.3) is 0 Å². The summed E-state index contributed by atoms with van der Waals surface area (Å²) in [7, 11) is 0. The van der Waals surface area contributed by atoms with E-state index in [1.54, 1.807) is 0 Å². The van der Waals surface area contributed by atoms with Gasteiger partial charge in [-0.05, 0) is 47.5 Å². The molecular formula is C20H38O. The summed E-state index contributed by atoms with van der Waals surface area (Å²) >= 11 is 0. The molecule has 0 saturated carbocycles. The van der Waals surface area contributed by atoms with E-state index >= 15 is 0 Å². The maximum Gasteiger partial charge on any atom is 0.0763 e. The predicted octanol–water partition coefficient (Wildman–Crippen LogP) is 6.09. The van der Waals surface area contributed by atoms with E-state index in [2.05, 4.69) is 82.2 Å². The molecule has 1 heterocycles. The second-order valence-corrected chi connectivity index (χ2v) is 10.1. The van der Waals surface area contributed by atoms with Gasteiger partial charge in [-0.1, -0.05) is 68.4 Å². The van der Waals surface area contributed by atoms with Gasteiger partial charge in [-0.15, -0.1) is 0 Å². The van der Waals surface area contributed by atoms with Crippen molar-refractivity contribution in [1.29, 1.82) is 0 Å². The lowest BCUT2D eigenvalue weighted by molar-refractivity contribution is -0.161. The van der Waals surface area contributed by atoms with Crippen LogP contribution in [0.3, 0.4) is 0 Å². The molecule has 0 radical (unpaired) electrons. The van der Waals surface area contributed by atoms with Gasteiger partial charge in [0.15, 0.2) is 0 Å². The zero-order valence-electron chi connectivity index (χ0n) is 16.3. The van der Waals surface area contributed by atoms with Gasteiger partial charge in [-0.25, -0.2) is 0 Å². The summed E-state index contributed by atoms with van der Waals surface area (Å²) in [5.74, 6) is 1.09. The van der Waals surface area contributed by atoms with Crippen molar-refractivity contribution < 1.29 is 4.74 Å². The van der Waals surface area contributed by atoms with Crippen LogP contribution in [0.1, 0.15) is 76.2 Å². The van der Waals surface area contributed by atoms with Crippen molar-refractivity contribution in [2.75, 3.05) is 0 Å². The highest BCUT2D eigenvalue weighted by Crippen LogP contribution is 2.54. The fourth-order valence-corrected chi connectivity index (χ4v) is 4.17. The molecule has 1 nitrogen and oxygen atoms in total. The minimum atomic E-state index is 0.162. The summed E-state index contributed by atoms with van der Waals surface area (Å²) in [6, 6.07) is 0. The molecule has 1 saturated heterocycles. The molecule has 0 amide bonds. The number of ether oxygens (including phenoxy) is 1. The second kappa shape index (κ2) is 5.72. The number of hydrogen-bond acceptors (Lipinski definition) is 1. The Morgan fingerprint density at radius 3 is 1.57 bits per heavy atom. The van der Waals surface area contributed by atoms with Crippen molar-refractivity contribution in [2.24, 2.45) is 28.1 Å². The van der Waals surface area contributed by atoms with Crippen LogP contribution < -0.4 is 0 Å². The van der Waals surface area contributed by atoms with Crippen LogP contribution in [-0.4, -0.2) is 12.2 Å². The Morgan fingerprint density at radius 2 is 1.29 bits per heavy atom. The smallest absolute Gasteiger partial charge is 0.0763 e. The van der Waals surface area contributed by atoms with Crippen molar-refractivity contribution in [1.82, 2.24) is 0 Å². The van der Waals surface area contributed by atoms with Gasteiger partial charge in [0.2, 0.25) is 0 Å². The first kappa shape index (κ1) is 18.7. The number of rotatable bonds is 0. The molecule has 0 aromatic heterocycles. The Kier molecular flexibility index (Phi) is 5.11. The van der Waals surface area contributed by atoms with E-state index < -0.39 is 0 Å². The minimum Gasteiger partial charge on any atom is -0.370 e. The van der Waals surface area contributed by atoms with Crippen molar-refractivity contribution in [3.8, 4) is 0 Å². The highest BCUT2D eigenvalue weighted by atomic mass is 16.5.